The van der Waals surface area contributed by atoms with E-state index >= 15 is 0 Å². The summed E-state index contributed by atoms with van der Waals surface area (Å²) < 4.78 is 28.2. The topological polar surface area (TPSA) is 120 Å². The Hall–Kier alpha value is -4.11. The number of nitriles is 1. The molecule has 0 saturated carbocycles. The average Bonchev–Trinajstić information content (AvgIpc) is 3.73. The third-order valence-electron chi connectivity index (χ3n) is 8.57. The number of halogens is 2. The molecule has 9 nitrogen and oxygen atoms in total. The lowest BCUT2D eigenvalue weighted by atomic mass is 9.88. The number of allylic oxidation sites excluding steroid dienone is 1. The van der Waals surface area contributed by atoms with Crippen molar-refractivity contribution >= 4 is 46.0 Å². The number of fused-ring (bicyclic) bond motifs is 1. The van der Waals surface area contributed by atoms with Gasteiger partial charge < -0.3 is 14.8 Å². The first-order valence-corrected chi connectivity index (χ1v) is 16.7. The molecule has 3 aromatic rings. The molecular weight excluding hydrogens is 622 g/mol. The number of amides is 3. The van der Waals surface area contributed by atoms with Crippen LogP contribution >= 0.6 is 11.3 Å². The van der Waals surface area contributed by atoms with Crippen molar-refractivity contribution in [2.75, 3.05) is 11.9 Å². The van der Waals surface area contributed by atoms with Gasteiger partial charge in [0, 0.05) is 24.7 Å². The fourth-order valence-corrected chi connectivity index (χ4v) is 6.05. The Kier molecular flexibility index (Phi) is 10.9. The number of thiophene rings is 1. The minimum atomic E-state index is -2.69. The highest BCUT2D eigenvalue weighted by Gasteiger charge is 2.32. The Bertz CT molecular complexity index is 1710. The van der Waals surface area contributed by atoms with Gasteiger partial charge >= 0.3 is 0 Å². The Balaban J connectivity index is 1.66. The predicted octanol–water partition coefficient (Wildman–Crippen LogP) is 7.72. The molecule has 2 N–H and O–H groups in total. The monoisotopic (exact) mass is 666 g/mol. The minimum Gasteiger partial charge on any atom is -0.349 e. The van der Waals surface area contributed by atoms with Crippen LogP contribution in [0.25, 0.3) is 11.0 Å². The van der Waals surface area contributed by atoms with Crippen molar-refractivity contribution in [3.63, 3.8) is 0 Å². The van der Waals surface area contributed by atoms with Crippen molar-refractivity contribution in [3.8, 4) is 6.07 Å². The molecule has 1 saturated heterocycles. The zero-order valence-electron chi connectivity index (χ0n) is 28.1. The largest absolute Gasteiger partial charge is 0.349 e. The number of rotatable bonds is 10. The van der Waals surface area contributed by atoms with Gasteiger partial charge in [-0.25, -0.2) is 13.8 Å². The number of carbonyl (C=O) groups is 3. The van der Waals surface area contributed by atoms with E-state index in [1.807, 2.05) is 27.7 Å². The fourth-order valence-electron chi connectivity index (χ4n) is 5.29. The zero-order chi connectivity index (χ0) is 34.7. The fraction of sp³-hybridized carbons (Fsp3) is 0.514. The molecule has 1 aliphatic rings. The van der Waals surface area contributed by atoms with Crippen LogP contribution in [-0.2, 0) is 11.3 Å². The van der Waals surface area contributed by atoms with E-state index in [-0.39, 0.29) is 62.5 Å². The number of aromatic nitrogens is 2. The van der Waals surface area contributed by atoms with E-state index in [2.05, 4.69) is 42.5 Å². The van der Waals surface area contributed by atoms with Gasteiger partial charge in [-0.3, -0.25) is 19.7 Å². The lowest BCUT2D eigenvalue weighted by Gasteiger charge is -2.28. The van der Waals surface area contributed by atoms with Crippen LogP contribution in [0.1, 0.15) is 105 Å². The number of nitrogens with zero attached hydrogens (tertiary/aromatic N) is 4. The molecule has 2 aromatic heterocycles. The second-order valence-electron chi connectivity index (χ2n) is 14.4. The summed E-state index contributed by atoms with van der Waals surface area (Å²) >= 11 is 0.704. The van der Waals surface area contributed by atoms with Crippen LogP contribution in [0.5, 0.6) is 0 Å². The number of hydrogen-bond donors (Lipinski definition) is 2. The van der Waals surface area contributed by atoms with Gasteiger partial charge in [-0.05, 0) is 73.8 Å². The quantitative estimate of drug-likeness (QED) is 0.170. The van der Waals surface area contributed by atoms with E-state index in [4.69, 9.17) is 0 Å². The van der Waals surface area contributed by atoms with E-state index in [1.165, 1.54) is 12.1 Å². The lowest BCUT2D eigenvalue weighted by molar-refractivity contribution is -0.127. The van der Waals surface area contributed by atoms with Crippen LogP contribution in [0.2, 0.25) is 0 Å². The summed E-state index contributed by atoms with van der Waals surface area (Å²) in [5.74, 6) is -1.02. The van der Waals surface area contributed by atoms with Crippen LogP contribution in [0.4, 0.5) is 14.7 Å². The maximum Gasteiger partial charge on any atom is 0.272 e. The third kappa shape index (κ3) is 8.83. The summed E-state index contributed by atoms with van der Waals surface area (Å²) in [6, 6.07) is 9.35. The van der Waals surface area contributed by atoms with E-state index in [0.717, 1.165) is 12.8 Å². The van der Waals surface area contributed by atoms with E-state index < -0.39 is 12.3 Å². The molecule has 0 aliphatic carbocycles. The number of hydrogen-bond acceptors (Lipinski definition) is 6. The van der Waals surface area contributed by atoms with E-state index in [1.54, 1.807) is 33.7 Å². The van der Waals surface area contributed by atoms with Crippen LogP contribution in [0.15, 0.2) is 42.0 Å². The minimum absolute atomic E-state index is 0.0646. The highest BCUT2D eigenvalue weighted by atomic mass is 32.1. The summed E-state index contributed by atoms with van der Waals surface area (Å²) in [6.07, 6.45) is 1.88. The molecule has 1 fully saturated rings. The number of alkyl halides is 2. The second-order valence-corrected chi connectivity index (χ2v) is 15.5. The molecule has 3 amide bonds. The molecule has 0 bridgehead atoms. The van der Waals surface area contributed by atoms with Crippen molar-refractivity contribution in [1.29, 1.82) is 5.26 Å². The Morgan fingerprint density at radius 1 is 1.13 bits per heavy atom. The highest BCUT2D eigenvalue weighted by molar-refractivity contribution is 7.14. The van der Waals surface area contributed by atoms with Gasteiger partial charge in [-0.1, -0.05) is 47.6 Å². The van der Waals surface area contributed by atoms with Crippen LogP contribution in [-0.4, -0.2) is 50.8 Å². The summed E-state index contributed by atoms with van der Waals surface area (Å²) in [5.41, 5.74) is 1.50. The maximum absolute atomic E-state index is 13.6. The normalized spacial score (nSPS) is 16.4. The van der Waals surface area contributed by atoms with Gasteiger partial charge in [0.05, 0.1) is 26.8 Å². The van der Waals surface area contributed by atoms with Gasteiger partial charge in [0.2, 0.25) is 5.95 Å². The van der Waals surface area contributed by atoms with Crippen molar-refractivity contribution in [1.82, 2.24) is 19.8 Å². The Morgan fingerprint density at radius 2 is 1.85 bits per heavy atom. The van der Waals surface area contributed by atoms with Gasteiger partial charge in [-0.15, -0.1) is 11.3 Å². The van der Waals surface area contributed by atoms with Crippen molar-refractivity contribution < 1.29 is 23.2 Å². The molecule has 0 radical (unpaired) electrons. The third-order valence-corrected chi connectivity index (χ3v) is 9.66. The number of benzene rings is 1. The molecule has 2 atom stereocenters. The van der Waals surface area contributed by atoms with Crippen LogP contribution in [0, 0.1) is 22.2 Å². The molecule has 4 rings (SSSR count). The number of imidazole rings is 1. The highest BCUT2D eigenvalue weighted by Crippen LogP contribution is 2.30. The molecule has 12 heteroatoms. The van der Waals surface area contributed by atoms with Gasteiger partial charge in [0.1, 0.15) is 11.6 Å². The van der Waals surface area contributed by atoms with Crippen molar-refractivity contribution in [2.45, 2.75) is 99.2 Å². The van der Waals surface area contributed by atoms with Gasteiger partial charge in [0.15, 0.2) is 0 Å². The van der Waals surface area contributed by atoms with Crippen molar-refractivity contribution in [3.05, 3.63) is 57.3 Å². The molecule has 252 valence electrons. The average molecular weight is 667 g/mol. The summed E-state index contributed by atoms with van der Waals surface area (Å²) in [6.45, 7) is 15.1. The lowest BCUT2D eigenvalue weighted by Crippen LogP contribution is -2.41. The molecule has 0 unspecified atom stereocenters. The van der Waals surface area contributed by atoms with E-state index in [0.29, 0.717) is 47.3 Å². The Morgan fingerprint density at radius 3 is 2.47 bits per heavy atom. The van der Waals surface area contributed by atoms with Crippen LogP contribution in [0.3, 0.4) is 0 Å². The number of carbonyl (C=O) groups excluding carboxylic acids is 3. The summed E-state index contributed by atoms with van der Waals surface area (Å²) in [7, 11) is 0. The first-order chi connectivity index (χ1) is 22.0. The zero-order valence-corrected chi connectivity index (χ0v) is 28.9. The van der Waals surface area contributed by atoms with E-state index in [9.17, 15) is 28.4 Å². The maximum atomic E-state index is 13.6. The molecular formula is C35H44F2N6O3S. The molecule has 47 heavy (non-hydrogen) atoms. The number of likely N-dealkylation sites (tertiary alicyclic amines) is 1. The number of anilines is 1. The number of nitrogens with one attached hydrogen (secondary N) is 2. The molecule has 1 aromatic carbocycles. The predicted molar refractivity (Wildman–Crippen MR) is 180 cm³/mol. The van der Waals surface area contributed by atoms with Gasteiger partial charge in [-0.2, -0.15) is 5.26 Å². The summed E-state index contributed by atoms with van der Waals surface area (Å²) in [5, 5.41) is 15.6. The molecule has 3 heterocycles. The van der Waals surface area contributed by atoms with Crippen LogP contribution < -0.4 is 10.6 Å². The van der Waals surface area contributed by atoms with Crippen molar-refractivity contribution in [2.24, 2.45) is 10.8 Å². The first kappa shape index (κ1) is 35.7. The molecule has 0 spiro atoms. The summed E-state index contributed by atoms with van der Waals surface area (Å²) in [4.78, 5) is 46.1. The standard InChI is InChI=1S/C35H44F2N6O3S/c1-21(35(5,6)7)39-30(44)22-12-13-26-25(18-22)40-33(41-31(45)28-15-14-27(47-28)29(36)37)43(26)20-24-11-9-17-42(24)32(46)23(19-38)10-8-16-34(2,3)4/h10,12-15,18,21,24,29H,8-9,11,16-17,20H2,1-7H3,(H,39,44)(H,40,41,45)/b23-10+/t21-,24+/m0/s1. The molecule has 1 aliphatic heterocycles. The smallest absolute Gasteiger partial charge is 0.272 e. The second kappa shape index (κ2) is 14.3. The SMILES string of the molecule is C[C@H](NC(=O)c1ccc2c(c1)nc(NC(=O)c1ccc(C(F)F)s1)n2C[C@H]1CCCN1C(=O)/C(C#N)=C/CCC(C)(C)C)C(C)(C)C. The van der Waals surface area contributed by atoms with Gasteiger partial charge in [0.25, 0.3) is 24.1 Å². The Labute approximate surface area is 279 Å². The first-order valence-electron chi connectivity index (χ1n) is 15.9.